The van der Waals surface area contributed by atoms with Crippen LogP contribution in [-0.2, 0) is 13.7 Å². The van der Waals surface area contributed by atoms with Crippen molar-refractivity contribution in [2.75, 3.05) is 0 Å². The topological polar surface area (TPSA) is 85.7 Å². The van der Waals surface area contributed by atoms with Gasteiger partial charge in [-0.05, 0) is 31.2 Å². The highest BCUT2D eigenvalue weighted by Crippen LogP contribution is 2.19. The lowest BCUT2D eigenvalue weighted by Gasteiger charge is -2.08. The molecule has 0 amide bonds. The maximum absolute atomic E-state index is 13.8. The van der Waals surface area contributed by atoms with Crippen LogP contribution in [0.3, 0.4) is 0 Å². The number of aryl methyl sites for hydroxylation is 2. The fourth-order valence-corrected chi connectivity index (χ4v) is 1.79. The Balaban J connectivity index is 2.12. The second-order valence-corrected chi connectivity index (χ2v) is 4.32. The molecule has 0 fully saturated rings. The zero-order valence-corrected chi connectivity index (χ0v) is 11.2. The van der Waals surface area contributed by atoms with Gasteiger partial charge < -0.3 is 15.7 Å². The van der Waals surface area contributed by atoms with E-state index >= 15 is 0 Å². The number of oxime groups is 1. The zero-order valence-electron chi connectivity index (χ0n) is 11.2. The average molecular weight is 278 g/mol. The molecule has 1 aromatic carbocycles. The Kier molecular flexibility index (Phi) is 3.88. The number of amidine groups is 1. The molecule has 0 bridgehead atoms. The highest BCUT2D eigenvalue weighted by molar-refractivity contribution is 5.97. The van der Waals surface area contributed by atoms with Crippen LogP contribution in [0.5, 0.6) is 5.75 Å². The smallest absolute Gasteiger partial charge is 0.170 e. The predicted molar refractivity (Wildman–Crippen MR) is 71.2 cm³/mol. The van der Waals surface area contributed by atoms with Crippen LogP contribution in [0.4, 0.5) is 4.39 Å². The summed E-state index contributed by atoms with van der Waals surface area (Å²) in [6.45, 7) is 2.08. The lowest BCUT2D eigenvalue weighted by Crippen LogP contribution is -2.13. The number of rotatable bonds is 4. The molecule has 1 aromatic heterocycles. The van der Waals surface area contributed by atoms with Crippen molar-refractivity contribution in [2.24, 2.45) is 17.9 Å². The molecule has 7 heteroatoms. The molecule has 20 heavy (non-hydrogen) atoms. The molecular weight excluding hydrogens is 263 g/mol. The van der Waals surface area contributed by atoms with Crippen molar-refractivity contribution in [1.29, 1.82) is 0 Å². The first-order valence-corrected chi connectivity index (χ1v) is 5.91. The molecule has 0 aliphatic heterocycles. The van der Waals surface area contributed by atoms with Gasteiger partial charge in [0.15, 0.2) is 17.4 Å². The minimum atomic E-state index is -0.576. The number of nitrogens with two attached hydrogens (primary N) is 1. The minimum absolute atomic E-state index is 0.0957. The summed E-state index contributed by atoms with van der Waals surface area (Å²) in [5.41, 5.74) is 7.37. The summed E-state index contributed by atoms with van der Waals surface area (Å²) in [6.07, 6.45) is 0. The highest BCUT2D eigenvalue weighted by Gasteiger charge is 2.09. The van der Waals surface area contributed by atoms with Crippen molar-refractivity contribution in [2.45, 2.75) is 13.5 Å². The molecule has 0 aliphatic rings. The van der Waals surface area contributed by atoms with E-state index in [1.165, 1.54) is 12.1 Å². The van der Waals surface area contributed by atoms with Gasteiger partial charge in [-0.1, -0.05) is 5.16 Å². The monoisotopic (exact) mass is 278 g/mol. The summed E-state index contributed by atoms with van der Waals surface area (Å²) in [5.74, 6) is -0.635. The van der Waals surface area contributed by atoms with Crippen molar-refractivity contribution < 1.29 is 14.3 Å². The van der Waals surface area contributed by atoms with Crippen LogP contribution in [-0.4, -0.2) is 20.8 Å². The van der Waals surface area contributed by atoms with Gasteiger partial charge in [0, 0.05) is 12.6 Å². The van der Waals surface area contributed by atoms with Gasteiger partial charge in [0.25, 0.3) is 0 Å². The number of hydrogen-bond donors (Lipinski definition) is 2. The van der Waals surface area contributed by atoms with Crippen LogP contribution < -0.4 is 10.5 Å². The minimum Gasteiger partial charge on any atom is -0.484 e. The molecule has 0 spiro atoms. The van der Waals surface area contributed by atoms with Gasteiger partial charge >= 0.3 is 0 Å². The molecule has 0 saturated heterocycles. The third-order valence-corrected chi connectivity index (χ3v) is 2.81. The molecule has 0 unspecified atom stereocenters. The first kappa shape index (κ1) is 13.9. The Labute approximate surface area is 115 Å². The number of benzene rings is 1. The Bertz CT molecular complexity index is 652. The summed E-state index contributed by atoms with van der Waals surface area (Å²) < 4.78 is 20.9. The van der Waals surface area contributed by atoms with E-state index in [0.29, 0.717) is 0 Å². The summed E-state index contributed by atoms with van der Waals surface area (Å²) in [6, 6.07) is 5.97. The van der Waals surface area contributed by atoms with E-state index < -0.39 is 5.82 Å². The maximum Gasteiger partial charge on any atom is 0.170 e. The number of nitrogens with zero attached hydrogens (tertiary/aromatic N) is 3. The molecule has 0 atom stereocenters. The van der Waals surface area contributed by atoms with Gasteiger partial charge in [-0.15, -0.1) is 0 Å². The molecule has 106 valence electrons. The van der Waals surface area contributed by atoms with E-state index in [-0.39, 0.29) is 23.8 Å². The average Bonchev–Trinajstić information content (AvgIpc) is 2.74. The molecule has 2 aromatic rings. The Morgan fingerprint density at radius 1 is 1.50 bits per heavy atom. The molecule has 0 radical (unpaired) electrons. The summed E-state index contributed by atoms with van der Waals surface area (Å²) in [4.78, 5) is 0. The molecule has 3 N–H and O–H groups in total. The van der Waals surface area contributed by atoms with Crippen LogP contribution in [0, 0.1) is 12.7 Å². The van der Waals surface area contributed by atoms with Gasteiger partial charge in [-0.25, -0.2) is 4.39 Å². The lowest BCUT2D eigenvalue weighted by molar-refractivity contribution is 0.280. The van der Waals surface area contributed by atoms with Crippen molar-refractivity contribution in [3.05, 3.63) is 47.0 Å². The van der Waals surface area contributed by atoms with Crippen molar-refractivity contribution >= 4 is 5.84 Å². The Hall–Kier alpha value is -2.57. The molecular formula is C13H15FN4O2. The molecule has 0 aliphatic carbocycles. The van der Waals surface area contributed by atoms with E-state index in [2.05, 4.69) is 10.3 Å². The number of halogens is 1. The molecule has 1 heterocycles. The zero-order chi connectivity index (χ0) is 14.7. The van der Waals surface area contributed by atoms with Gasteiger partial charge in [-0.3, -0.25) is 4.68 Å². The summed E-state index contributed by atoms with van der Waals surface area (Å²) >= 11 is 0. The molecule has 6 nitrogen and oxygen atoms in total. The quantitative estimate of drug-likeness (QED) is 0.384. The van der Waals surface area contributed by atoms with E-state index in [9.17, 15) is 4.39 Å². The standard InChI is InChI=1S/C13H15FN4O2/c1-8-5-10(18(2)16-8)7-20-12-4-3-9(6-11(12)14)13(15)17-19/h3-6,19H,7H2,1-2H3,(H2,15,17). The normalized spacial score (nSPS) is 11.7. The van der Waals surface area contributed by atoms with E-state index in [1.807, 2.05) is 13.0 Å². The number of hydrogen-bond acceptors (Lipinski definition) is 4. The number of ether oxygens (including phenoxy) is 1. The molecule has 0 saturated carbocycles. The SMILES string of the molecule is Cc1cc(COc2ccc(/C(N)=N/O)cc2F)n(C)n1. The van der Waals surface area contributed by atoms with E-state index in [1.54, 1.807) is 11.7 Å². The first-order valence-electron chi connectivity index (χ1n) is 5.91. The van der Waals surface area contributed by atoms with Crippen molar-refractivity contribution in [3.63, 3.8) is 0 Å². The summed E-state index contributed by atoms with van der Waals surface area (Å²) in [7, 11) is 1.80. The maximum atomic E-state index is 13.8. The summed E-state index contributed by atoms with van der Waals surface area (Å²) in [5, 5.41) is 15.5. The largest absolute Gasteiger partial charge is 0.484 e. The van der Waals surface area contributed by atoms with Gasteiger partial charge in [0.05, 0.1) is 11.4 Å². The molecule has 2 rings (SSSR count). The van der Waals surface area contributed by atoms with Crippen LogP contribution >= 0.6 is 0 Å². The second kappa shape index (κ2) is 5.60. The van der Waals surface area contributed by atoms with Crippen LogP contribution in [0.2, 0.25) is 0 Å². The van der Waals surface area contributed by atoms with Gasteiger partial charge in [0.2, 0.25) is 0 Å². The van der Waals surface area contributed by atoms with Crippen molar-refractivity contribution in [3.8, 4) is 5.75 Å². The Morgan fingerprint density at radius 2 is 2.25 bits per heavy atom. The highest BCUT2D eigenvalue weighted by atomic mass is 19.1. The predicted octanol–water partition coefficient (Wildman–Crippen LogP) is 1.54. The van der Waals surface area contributed by atoms with Crippen LogP contribution in [0.15, 0.2) is 29.4 Å². The van der Waals surface area contributed by atoms with Crippen LogP contribution in [0.1, 0.15) is 17.0 Å². The third-order valence-electron chi connectivity index (χ3n) is 2.81. The number of aromatic nitrogens is 2. The third kappa shape index (κ3) is 2.87. The fraction of sp³-hybridized carbons (Fsp3) is 0.231. The first-order chi connectivity index (χ1) is 9.51. The van der Waals surface area contributed by atoms with Gasteiger partial charge in [-0.2, -0.15) is 5.10 Å². The second-order valence-electron chi connectivity index (χ2n) is 4.32. The Morgan fingerprint density at radius 3 is 2.80 bits per heavy atom. The van der Waals surface area contributed by atoms with Gasteiger partial charge in [0.1, 0.15) is 6.61 Å². The van der Waals surface area contributed by atoms with E-state index in [4.69, 9.17) is 15.7 Å². The lowest BCUT2D eigenvalue weighted by atomic mass is 10.2. The van der Waals surface area contributed by atoms with Crippen LogP contribution in [0.25, 0.3) is 0 Å². The van der Waals surface area contributed by atoms with Crippen molar-refractivity contribution in [1.82, 2.24) is 9.78 Å². The fourth-order valence-electron chi connectivity index (χ4n) is 1.79. The van der Waals surface area contributed by atoms with E-state index in [0.717, 1.165) is 17.5 Å².